The standard InChI is InChI=1S/C13H18FNO/c1-4-8-16-11-6-7-12(13(14)9-11)10(3)15-5-2/h4,6-7,9-10,15H,1,5,8H2,2-3H3. The minimum Gasteiger partial charge on any atom is -0.489 e. The smallest absolute Gasteiger partial charge is 0.131 e. The van der Waals surface area contributed by atoms with E-state index in [4.69, 9.17) is 4.74 Å². The van der Waals surface area contributed by atoms with Crippen LogP contribution in [0.2, 0.25) is 0 Å². The van der Waals surface area contributed by atoms with Crippen molar-refractivity contribution in [2.75, 3.05) is 13.2 Å². The van der Waals surface area contributed by atoms with Crippen LogP contribution in [0.15, 0.2) is 30.9 Å². The van der Waals surface area contributed by atoms with Crippen molar-refractivity contribution in [1.29, 1.82) is 0 Å². The lowest BCUT2D eigenvalue weighted by atomic mass is 10.1. The summed E-state index contributed by atoms with van der Waals surface area (Å²) in [6, 6.07) is 4.95. The van der Waals surface area contributed by atoms with Crippen molar-refractivity contribution in [3.8, 4) is 5.75 Å². The van der Waals surface area contributed by atoms with Crippen molar-refractivity contribution in [2.45, 2.75) is 19.9 Å². The highest BCUT2D eigenvalue weighted by molar-refractivity contribution is 5.30. The van der Waals surface area contributed by atoms with Crippen molar-refractivity contribution in [3.63, 3.8) is 0 Å². The maximum Gasteiger partial charge on any atom is 0.131 e. The third-order valence-corrected chi connectivity index (χ3v) is 2.32. The Bertz CT molecular complexity index is 352. The van der Waals surface area contributed by atoms with Gasteiger partial charge in [0.25, 0.3) is 0 Å². The minimum absolute atomic E-state index is 0.0125. The molecule has 0 aliphatic heterocycles. The number of rotatable bonds is 6. The first kappa shape index (κ1) is 12.7. The maximum atomic E-state index is 13.7. The van der Waals surface area contributed by atoms with E-state index in [-0.39, 0.29) is 11.9 Å². The second-order valence-electron chi connectivity index (χ2n) is 3.56. The summed E-state index contributed by atoms with van der Waals surface area (Å²) in [7, 11) is 0. The topological polar surface area (TPSA) is 21.3 Å². The summed E-state index contributed by atoms with van der Waals surface area (Å²) in [6.07, 6.45) is 1.63. The molecule has 3 heteroatoms. The van der Waals surface area contributed by atoms with E-state index >= 15 is 0 Å². The predicted molar refractivity (Wildman–Crippen MR) is 64.2 cm³/mol. The van der Waals surface area contributed by atoms with E-state index in [1.165, 1.54) is 6.07 Å². The molecule has 1 aromatic carbocycles. The number of hydrogen-bond acceptors (Lipinski definition) is 2. The summed E-state index contributed by atoms with van der Waals surface area (Å²) in [4.78, 5) is 0. The van der Waals surface area contributed by atoms with Gasteiger partial charge in [-0.3, -0.25) is 0 Å². The average molecular weight is 223 g/mol. The Labute approximate surface area is 96.1 Å². The largest absolute Gasteiger partial charge is 0.489 e. The molecule has 0 heterocycles. The third kappa shape index (κ3) is 3.35. The summed E-state index contributed by atoms with van der Waals surface area (Å²) >= 11 is 0. The number of hydrogen-bond donors (Lipinski definition) is 1. The van der Waals surface area contributed by atoms with E-state index in [0.29, 0.717) is 17.9 Å². The van der Waals surface area contributed by atoms with Crippen molar-refractivity contribution >= 4 is 0 Å². The van der Waals surface area contributed by atoms with Gasteiger partial charge in [0.15, 0.2) is 0 Å². The number of ether oxygens (including phenoxy) is 1. The van der Waals surface area contributed by atoms with Gasteiger partial charge in [-0.2, -0.15) is 0 Å². The molecule has 0 saturated carbocycles. The Morgan fingerprint density at radius 1 is 1.56 bits per heavy atom. The molecule has 1 rings (SSSR count). The van der Waals surface area contributed by atoms with Crippen molar-refractivity contribution < 1.29 is 9.13 Å². The monoisotopic (exact) mass is 223 g/mol. The molecule has 0 aliphatic rings. The van der Waals surface area contributed by atoms with Crippen LogP contribution in [0.3, 0.4) is 0 Å². The molecule has 0 radical (unpaired) electrons. The molecule has 1 N–H and O–H groups in total. The molecule has 0 amide bonds. The molecule has 0 spiro atoms. The first-order chi connectivity index (χ1) is 7.69. The van der Waals surface area contributed by atoms with Gasteiger partial charge in [-0.1, -0.05) is 25.6 Å². The third-order valence-electron chi connectivity index (χ3n) is 2.32. The Kier molecular flexibility index (Phi) is 4.99. The van der Waals surface area contributed by atoms with Crippen molar-refractivity contribution in [3.05, 3.63) is 42.2 Å². The van der Waals surface area contributed by atoms with Gasteiger partial charge in [0.05, 0.1) is 0 Å². The Morgan fingerprint density at radius 3 is 2.88 bits per heavy atom. The van der Waals surface area contributed by atoms with E-state index in [0.717, 1.165) is 6.54 Å². The van der Waals surface area contributed by atoms with Gasteiger partial charge in [0.2, 0.25) is 0 Å². The van der Waals surface area contributed by atoms with Gasteiger partial charge in [-0.15, -0.1) is 0 Å². The lowest BCUT2D eigenvalue weighted by molar-refractivity contribution is 0.360. The Hall–Kier alpha value is -1.35. The number of nitrogens with one attached hydrogen (secondary N) is 1. The zero-order chi connectivity index (χ0) is 12.0. The first-order valence-electron chi connectivity index (χ1n) is 5.45. The molecule has 0 aliphatic carbocycles. The fraction of sp³-hybridized carbons (Fsp3) is 0.385. The molecule has 0 bridgehead atoms. The molecule has 0 fully saturated rings. The fourth-order valence-corrected chi connectivity index (χ4v) is 1.52. The molecule has 1 atom stereocenters. The van der Waals surface area contributed by atoms with Crippen molar-refractivity contribution in [1.82, 2.24) is 5.32 Å². The Balaban J connectivity index is 2.78. The summed E-state index contributed by atoms with van der Waals surface area (Å²) in [5.74, 6) is 0.292. The van der Waals surface area contributed by atoms with E-state index in [1.54, 1.807) is 18.2 Å². The van der Waals surface area contributed by atoms with Crippen LogP contribution in [-0.2, 0) is 0 Å². The van der Waals surface area contributed by atoms with Gasteiger partial charge >= 0.3 is 0 Å². The number of halogens is 1. The quantitative estimate of drug-likeness (QED) is 0.748. The van der Waals surface area contributed by atoms with Gasteiger partial charge in [-0.25, -0.2) is 4.39 Å². The molecular weight excluding hydrogens is 205 g/mol. The average Bonchev–Trinajstić information content (AvgIpc) is 2.26. The van der Waals surface area contributed by atoms with Crippen LogP contribution in [0.1, 0.15) is 25.5 Å². The summed E-state index contributed by atoms with van der Waals surface area (Å²) in [5.41, 5.74) is 0.660. The normalized spacial score (nSPS) is 12.2. The van der Waals surface area contributed by atoms with Crippen LogP contribution in [-0.4, -0.2) is 13.2 Å². The van der Waals surface area contributed by atoms with Gasteiger partial charge < -0.3 is 10.1 Å². The first-order valence-corrected chi connectivity index (χ1v) is 5.45. The summed E-state index contributed by atoms with van der Waals surface area (Å²) in [5, 5.41) is 3.17. The fourth-order valence-electron chi connectivity index (χ4n) is 1.52. The molecular formula is C13H18FNO. The lowest BCUT2D eigenvalue weighted by Crippen LogP contribution is -2.18. The second-order valence-corrected chi connectivity index (χ2v) is 3.56. The summed E-state index contributed by atoms with van der Waals surface area (Å²) < 4.78 is 19.0. The predicted octanol–water partition coefficient (Wildman–Crippen LogP) is 3.06. The summed E-state index contributed by atoms with van der Waals surface area (Å²) in [6.45, 7) is 8.68. The molecule has 88 valence electrons. The lowest BCUT2D eigenvalue weighted by Gasteiger charge is -2.14. The van der Waals surface area contributed by atoms with E-state index in [2.05, 4.69) is 11.9 Å². The second kappa shape index (κ2) is 6.28. The molecule has 16 heavy (non-hydrogen) atoms. The molecule has 0 saturated heterocycles. The van der Waals surface area contributed by atoms with Crippen LogP contribution >= 0.6 is 0 Å². The highest BCUT2D eigenvalue weighted by Gasteiger charge is 2.10. The van der Waals surface area contributed by atoms with Gasteiger partial charge in [-0.05, 0) is 19.5 Å². The molecule has 1 aromatic rings. The molecule has 1 unspecified atom stereocenters. The highest BCUT2D eigenvalue weighted by Crippen LogP contribution is 2.21. The maximum absolute atomic E-state index is 13.7. The van der Waals surface area contributed by atoms with Crippen LogP contribution in [0, 0.1) is 5.82 Å². The molecule has 2 nitrogen and oxygen atoms in total. The zero-order valence-electron chi connectivity index (χ0n) is 9.79. The van der Waals surface area contributed by atoms with E-state index < -0.39 is 0 Å². The SMILES string of the molecule is C=CCOc1ccc(C(C)NCC)c(F)c1. The van der Waals surface area contributed by atoms with E-state index in [9.17, 15) is 4.39 Å². The van der Waals surface area contributed by atoms with E-state index in [1.807, 2.05) is 13.8 Å². The van der Waals surface area contributed by atoms with Gasteiger partial charge in [0, 0.05) is 17.7 Å². The van der Waals surface area contributed by atoms with Crippen LogP contribution in [0.5, 0.6) is 5.75 Å². The van der Waals surface area contributed by atoms with Crippen LogP contribution in [0.25, 0.3) is 0 Å². The number of benzene rings is 1. The van der Waals surface area contributed by atoms with Crippen LogP contribution in [0.4, 0.5) is 4.39 Å². The van der Waals surface area contributed by atoms with Gasteiger partial charge in [0.1, 0.15) is 18.2 Å². The zero-order valence-corrected chi connectivity index (χ0v) is 9.79. The molecule has 0 aromatic heterocycles. The van der Waals surface area contributed by atoms with Crippen LogP contribution < -0.4 is 10.1 Å². The highest BCUT2D eigenvalue weighted by atomic mass is 19.1. The van der Waals surface area contributed by atoms with Crippen molar-refractivity contribution in [2.24, 2.45) is 0 Å². The minimum atomic E-state index is -0.241. The Morgan fingerprint density at radius 2 is 2.31 bits per heavy atom.